The van der Waals surface area contributed by atoms with E-state index in [1.165, 1.54) is 28.6 Å². The van der Waals surface area contributed by atoms with Gasteiger partial charge in [-0.1, -0.05) is 43.5 Å². The van der Waals surface area contributed by atoms with Gasteiger partial charge in [0.15, 0.2) is 6.61 Å². The van der Waals surface area contributed by atoms with Gasteiger partial charge in [-0.25, -0.2) is 13.2 Å². The summed E-state index contributed by atoms with van der Waals surface area (Å²) in [6.45, 7) is 1.30. The number of fused-ring (bicyclic) bond motifs is 1. The van der Waals surface area contributed by atoms with Gasteiger partial charge in [0.1, 0.15) is 5.54 Å². The highest BCUT2D eigenvalue weighted by Gasteiger charge is 2.36. The first-order valence-corrected chi connectivity index (χ1v) is 12.8. The fourth-order valence-corrected chi connectivity index (χ4v) is 6.48. The van der Waals surface area contributed by atoms with E-state index in [2.05, 4.69) is 11.4 Å². The summed E-state index contributed by atoms with van der Waals surface area (Å²) in [5.41, 5.74) is 0.696. The van der Waals surface area contributed by atoms with Crippen LogP contribution in [0, 0.1) is 11.3 Å². The maximum atomic E-state index is 13.4. The van der Waals surface area contributed by atoms with Gasteiger partial charge in [-0.3, -0.25) is 9.10 Å². The van der Waals surface area contributed by atoms with Crippen molar-refractivity contribution in [3.05, 3.63) is 59.7 Å². The summed E-state index contributed by atoms with van der Waals surface area (Å²) in [6.07, 6.45) is 4.48. The van der Waals surface area contributed by atoms with Crippen LogP contribution in [0.5, 0.6) is 0 Å². The smallest absolute Gasteiger partial charge is 0.338 e. The van der Waals surface area contributed by atoms with Crippen molar-refractivity contribution >= 4 is 27.6 Å². The number of esters is 1. The first kappa shape index (κ1) is 23.8. The van der Waals surface area contributed by atoms with E-state index in [0.29, 0.717) is 24.9 Å². The number of nitrogens with zero attached hydrogens (tertiary/aromatic N) is 2. The summed E-state index contributed by atoms with van der Waals surface area (Å²) in [6, 6.07) is 14.9. The van der Waals surface area contributed by atoms with Crippen molar-refractivity contribution in [3.63, 3.8) is 0 Å². The number of carbonyl (C=O) groups is 2. The van der Waals surface area contributed by atoms with E-state index in [0.717, 1.165) is 24.8 Å². The molecule has 0 radical (unpaired) electrons. The Hall–Kier alpha value is -3.38. The van der Waals surface area contributed by atoms with Gasteiger partial charge < -0.3 is 10.1 Å². The molecule has 0 saturated heterocycles. The Morgan fingerprint density at radius 1 is 1.15 bits per heavy atom. The lowest BCUT2D eigenvalue weighted by Crippen LogP contribution is -2.50. The number of hydrogen-bond donors (Lipinski definition) is 1. The molecule has 1 aliphatic heterocycles. The number of carbonyl (C=O) groups excluding carboxylic acids is 2. The van der Waals surface area contributed by atoms with E-state index >= 15 is 0 Å². The predicted octanol–water partition coefficient (Wildman–Crippen LogP) is 3.33. The molecule has 2 aliphatic rings. The Balaban J connectivity index is 1.46. The van der Waals surface area contributed by atoms with E-state index in [-0.39, 0.29) is 16.5 Å². The Morgan fingerprint density at radius 3 is 2.62 bits per heavy atom. The minimum Gasteiger partial charge on any atom is -0.452 e. The van der Waals surface area contributed by atoms with E-state index in [4.69, 9.17) is 4.74 Å². The third-order valence-corrected chi connectivity index (χ3v) is 8.33. The van der Waals surface area contributed by atoms with Gasteiger partial charge in [0.25, 0.3) is 15.9 Å². The molecule has 0 aromatic heterocycles. The maximum Gasteiger partial charge on any atom is 0.338 e. The molecule has 8 nitrogen and oxygen atoms in total. The molecule has 1 amide bonds. The van der Waals surface area contributed by atoms with Crippen LogP contribution in [0.3, 0.4) is 0 Å². The van der Waals surface area contributed by atoms with Gasteiger partial charge in [-0.2, -0.15) is 5.26 Å². The number of ether oxygens (including phenoxy) is 1. The summed E-state index contributed by atoms with van der Waals surface area (Å²) in [4.78, 5) is 24.9. The second kappa shape index (κ2) is 9.47. The van der Waals surface area contributed by atoms with E-state index in [1.54, 1.807) is 12.1 Å². The Labute approximate surface area is 199 Å². The van der Waals surface area contributed by atoms with Gasteiger partial charge in [0, 0.05) is 6.04 Å². The van der Waals surface area contributed by atoms with Gasteiger partial charge >= 0.3 is 5.97 Å². The maximum absolute atomic E-state index is 13.4. The van der Waals surface area contributed by atoms with Crippen LogP contribution in [0.15, 0.2) is 53.4 Å². The molecule has 1 atom stereocenters. The van der Waals surface area contributed by atoms with Crippen LogP contribution < -0.4 is 9.62 Å². The zero-order chi connectivity index (χ0) is 24.3. The van der Waals surface area contributed by atoms with Crippen molar-refractivity contribution in [1.82, 2.24) is 5.32 Å². The number of benzene rings is 2. The third-order valence-electron chi connectivity index (χ3n) is 6.41. The molecular formula is C25H27N3O5S. The van der Waals surface area contributed by atoms with Crippen LogP contribution >= 0.6 is 0 Å². The molecule has 1 saturated carbocycles. The first-order valence-electron chi connectivity index (χ1n) is 11.4. The van der Waals surface area contributed by atoms with Crippen molar-refractivity contribution in [2.24, 2.45) is 0 Å². The number of sulfonamides is 1. The highest BCUT2D eigenvalue weighted by Crippen LogP contribution is 2.36. The molecule has 1 N–H and O–H groups in total. The number of anilines is 1. The van der Waals surface area contributed by atoms with E-state index < -0.39 is 34.0 Å². The Morgan fingerprint density at radius 2 is 1.88 bits per heavy atom. The molecule has 178 valence electrons. The van der Waals surface area contributed by atoms with Crippen molar-refractivity contribution in [1.29, 1.82) is 5.26 Å². The predicted molar refractivity (Wildman–Crippen MR) is 126 cm³/mol. The minimum atomic E-state index is -3.91. The number of hydrogen-bond acceptors (Lipinski definition) is 6. The van der Waals surface area contributed by atoms with Crippen LogP contribution in [0.2, 0.25) is 0 Å². The van der Waals surface area contributed by atoms with Crippen LogP contribution in [0.4, 0.5) is 5.69 Å². The van der Waals surface area contributed by atoms with E-state index in [9.17, 15) is 23.3 Å². The van der Waals surface area contributed by atoms with Crippen molar-refractivity contribution in [2.45, 2.75) is 61.9 Å². The fourth-order valence-electron chi connectivity index (χ4n) is 4.74. The molecule has 2 aromatic carbocycles. The second-order valence-electron chi connectivity index (χ2n) is 8.89. The summed E-state index contributed by atoms with van der Waals surface area (Å²) >= 11 is 0. The summed E-state index contributed by atoms with van der Waals surface area (Å²) in [7, 11) is -3.91. The molecule has 1 heterocycles. The fraction of sp³-hybridized carbons (Fsp3) is 0.400. The molecule has 0 bridgehead atoms. The third kappa shape index (κ3) is 4.64. The van der Waals surface area contributed by atoms with Crippen molar-refractivity contribution in [3.8, 4) is 6.07 Å². The second-order valence-corrected chi connectivity index (χ2v) is 10.7. The molecule has 1 fully saturated rings. The molecule has 1 unspecified atom stereocenters. The molecule has 9 heteroatoms. The number of nitrogens with one attached hydrogen (secondary N) is 1. The van der Waals surface area contributed by atoms with Crippen molar-refractivity contribution in [2.75, 3.05) is 10.9 Å². The molecule has 34 heavy (non-hydrogen) atoms. The number of rotatable bonds is 6. The zero-order valence-electron chi connectivity index (χ0n) is 19.0. The van der Waals surface area contributed by atoms with E-state index in [1.807, 2.05) is 19.1 Å². The quantitative estimate of drug-likeness (QED) is 0.633. The van der Waals surface area contributed by atoms with Crippen LogP contribution in [-0.2, 0) is 26.0 Å². The van der Waals surface area contributed by atoms with Crippen LogP contribution in [-0.4, -0.2) is 38.5 Å². The molecular weight excluding hydrogens is 454 g/mol. The summed E-state index contributed by atoms with van der Waals surface area (Å²) in [5.74, 6) is -1.36. The average Bonchev–Trinajstić information content (AvgIpc) is 3.19. The lowest BCUT2D eigenvalue weighted by atomic mass is 9.83. The lowest BCUT2D eigenvalue weighted by molar-refractivity contribution is -0.125. The first-order chi connectivity index (χ1) is 16.3. The number of para-hydroxylation sites is 1. The number of nitriles is 1. The molecule has 1 aliphatic carbocycles. The highest BCUT2D eigenvalue weighted by molar-refractivity contribution is 7.92. The highest BCUT2D eigenvalue weighted by atomic mass is 32.2. The Kier molecular flexibility index (Phi) is 6.62. The SMILES string of the molecule is CC1Cc2ccccc2N1S(=O)(=O)c1cccc(C(=O)OCC(=O)NC2(C#N)CCCCC2)c1. The van der Waals surface area contributed by atoms with Gasteiger partial charge in [0.2, 0.25) is 0 Å². The summed E-state index contributed by atoms with van der Waals surface area (Å²) in [5, 5.41) is 12.2. The van der Waals surface area contributed by atoms with Gasteiger partial charge in [-0.15, -0.1) is 0 Å². The standard InChI is InChI=1S/C25H27N3O5S/c1-18-14-19-8-3-4-11-22(19)28(18)34(31,32)21-10-7-9-20(15-21)24(30)33-16-23(29)27-25(17-26)12-5-2-6-13-25/h3-4,7-11,15,18H,2,5-6,12-14,16H2,1H3,(H,27,29). The van der Waals surface area contributed by atoms with Gasteiger partial charge in [-0.05, 0) is 56.0 Å². The summed E-state index contributed by atoms with van der Waals surface area (Å²) < 4.78 is 33.3. The van der Waals surface area contributed by atoms with Gasteiger partial charge in [0.05, 0.1) is 22.2 Å². The Bertz CT molecular complexity index is 1250. The normalized spacial score (nSPS) is 19.1. The largest absolute Gasteiger partial charge is 0.452 e. The topological polar surface area (TPSA) is 117 Å². The number of amides is 1. The van der Waals surface area contributed by atoms with Crippen LogP contribution in [0.1, 0.15) is 54.9 Å². The van der Waals surface area contributed by atoms with Crippen LogP contribution in [0.25, 0.3) is 0 Å². The molecule has 4 rings (SSSR count). The minimum absolute atomic E-state index is 0.0272. The monoisotopic (exact) mass is 481 g/mol. The van der Waals surface area contributed by atoms with Crippen molar-refractivity contribution < 1.29 is 22.7 Å². The average molecular weight is 482 g/mol. The lowest BCUT2D eigenvalue weighted by Gasteiger charge is -2.31. The molecule has 0 spiro atoms. The zero-order valence-corrected chi connectivity index (χ0v) is 19.8. The molecule has 2 aromatic rings.